The van der Waals surface area contributed by atoms with Crippen molar-refractivity contribution in [3.63, 3.8) is 0 Å². The first-order chi connectivity index (χ1) is 13.5. The van der Waals surface area contributed by atoms with Gasteiger partial charge >= 0.3 is 5.97 Å². The molecule has 1 aromatic heterocycles. The Morgan fingerprint density at radius 2 is 1.89 bits per heavy atom. The number of carbonyl (C=O) groups is 1. The van der Waals surface area contributed by atoms with Crippen molar-refractivity contribution in [2.45, 2.75) is 11.5 Å². The molecule has 0 radical (unpaired) electrons. The van der Waals surface area contributed by atoms with Gasteiger partial charge in [-0.15, -0.1) is 0 Å². The molecule has 1 N–H and O–H groups in total. The summed E-state index contributed by atoms with van der Waals surface area (Å²) in [5, 5.41) is 4.15. The van der Waals surface area contributed by atoms with Crippen molar-refractivity contribution < 1.29 is 17.9 Å². The van der Waals surface area contributed by atoms with Crippen molar-refractivity contribution in [2.75, 3.05) is 6.54 Å². The van der Waals surface area contributed by atoms with Crippen LogP contribution < -0.4 is 4.72 Å². The van der Waals surface area contributed by atoms with E-state index in [4.69, 9.17) is 4.74 Å². The molecule has 0 spiro atoms. The Kier molecular flexibility index (Phi) is 4.66. The maximum absolute atomic E-state index is 12.0. The third kappa shape index (κ3) is 3.65. The smallest absolute Gasteiger partial charge is 0.328 e. The first-order valence-corrected chi connectivity index (χ1v) is 9.92. The van der Waals surface area contributed by atoms with Gasteiger partial charge in [0, 0.05) is 18.0 Å². The summed E-state index contributed by atoms with van der Waals surface area (Å²) >= 11 is 0. The molecule has 0 atom stereocenters. The number of hydrogen-bond acceptors (Lipinski definition) is 6. The summed E-state index contributed by atoms with van der Waals surface area (Å²) in [7, 11) is -3.62. The molecular weight excluding hydrogens is 380 g/mol. The van der Waals surface area contributed by atoms with Crippen LogP contribution in [0.25, 0.3) is 5.69 Å². The van der Waals surface area contributed by atoms with E-state index in [1.54, 1.807) is 29.1 Å². The normalized spacial score (nSPS) is 15.8. The maximum atomic E-state index is 12.0. The molecular formula is C19H16N4O4S. The number of hydrogen-bond donors (Lipinski definition) is 1. The Bertz CT molecular complexity index is 1140. The molecule has 4 rings (SSSR count). The zero-order valence-corrected chi connectivity index (χ0v) is 15.5. The minimum Gasteiger partial charge on any atom is -0.459 e. The van der Waals surface area contributed by atoms with E-state index in [1.807, 2.05) is 36.5 Å². The number of rotatable bonds is 5. The van der Waals surface area contributed by atoms with Gasteiger partial charge in [0.25, 0.3) is 10.0 Å². The highest BCUT2D eigenvalue weighted by molar-refractivity contribution is 7.90. The first kappa shape index (κ1) is 17.9. The van der Waals surface area contributed by atoms with E-state index in [0.29, 0.717) is 5.56 Å². The van der Waals surface area contributed by atoms with Crippen LogP contribution in [0.4, 0.5) is 0 Å². The number of benzene rings is 2. The van der Waals surface area contributed by atoms with Gasteiger partial charge < -0.3 is 4.74 Å². The fourth-order valence-corrected chi connectivity index (χ4v) is 4.02. The van der Waals surface area contributed by atoms with E-state index >= 15 is 0 Å². The van der Waals surface area contributed by atoms with Gasteiger partial charge in [0.2, 0.25) is 0 Å². The molecule has 0 aliphatic carbocycles. The van der Waals surface area contributed by atoms with Gasteiger partial charge in [-0.2, -0.15) is 5.10 Å². The van der Waals surface area contributed by atoms with Crippen molar-refractivity contribution in [1.29, 1.82) is 0 Å². The quantitative estimate of drug-likeness (QED) is 0.661. The van der Waals surface area contributed by atoms with Crippen LogP contribution in [0.3, 0.4) is 0 Å². The minimum absolute atomic E-state index is 0.103. The highest BCUT2D eigenvalue weighted by atomic mass is 32.2. The molecule has 0 unspecified atom stereocenters. The van der Waals surface area contributed by atoms with Gasteiger partial charge in [0.1, 0.15) is 19.0 Å². The molecule has 1 aliphatic rings. The topological polar surface area (TPSA) is 103 Å². The van der Waals surface area contributed by atoms with Gasteiger partial charge in [-0.25, -0.2) is 13.1 Å². The standard InChI is InChI=1S/C19H16N4O4S/c24-18(12-20-19-16-4-1-2-5-17(16)28(25,26)22-19)27-13-14-6-8-15(9-7-14)23-11-3-10-21-23/h1-11H,12-13H2,(H,20,22). The van der Waals surface area contributed by atoms with Crippen LogP contribution >= 0.6 is 0 Å². The lowest BCUT2D eigenvalue weighted by atomic mass is 10.2. The highest BCUT2D eigenvalue weighted by Gasteiger charge is 2.30. The van der Waals surface area contributed by atoms with Crippen LogP contribution in [0.1, 0.15) is 11.1 Å². The van der Waals surface area contributed by atoms with Crippen LogP contribution in [0.2, 0.25) is 0 Å². The van der Waals surface area contributed by atoms with Crippen LogP contribution in [0.15, 0.2) is 76.9 Å². The number of nitrogens with one attached hydrogen (secondary N) is 1. The Morgan fingerprint density at radius 3 is 2.64 bits per heavy atom. The van der Waals surface area contributed by atoms with E-state index in [-0.39, 0.29) is 23.9 Å². The summed E-state index contributed by atoms with van der Waals surface area (Å²) in [6, 6.07) is 15.7. The molecule has 28 heavy (non-hydrogen) atoms. The van der Waals surface area contributed by atoms with Gasteiger partial charge in [-0.05, 0) is 35.9 Å². The summed E-state index contributed by atoms with van der Waals surface area (Å²) in [6.45, 7) is -0.178. The fourth-order valence-electron chi connectivity index (χ4n) is 2.77. The second-order valence-corrected chi connectivity index (χ2v) is 7.70. The van der Waals surface area contributed by atoms with E-state index in [0.717, 1.165) is 11.3 Å². The molecule has 2 heterocycles. The molecule has 0 saturated heterocycles. The minimum atomic E-state index is -3.62. The summed E-state index contributed by atoms with van der Waals surface area (Å²) < 4.78 is 33.3. The highest BCUT2D eigenvalue weighted by Crippen LogP contribution is 2.22. The largest absolute Gasteiger partial charge is 0.459 e. The average Bonchev–Trinajstić information content (AvgIpc) is 3.32. The Balaban J connectivity index is 1.36. The summed E-state index contributed by atoms with van der Waals surface area (Å²) in [5.74, 6) is -0.400. The molecule has 8 nitrogen and oxygen atoms in total. The zero-order chi connectivity index (χ0) is 19.6. The second kappa shape index (κ2) is 7.28. The third-order valence-corrected chi connectivity index (χ3v) is 5.53. The molecule has 2 aromatic carbocycles. The third-order valence-electron chi connectivity index (χ3n) is 4.13. The lowest BCUT2D eigenvalue weighted by molar-refractivity contribution is -0.143. The Labute approximate surface area is 161 Å². The van der Waals surface area contributed by atoms with Crippen LogP contribution in [-0.4, -0.2) is 36.5 Å². The number of amidine groups is 1. The molecule has 0 bridgehead atoms. The van der Waals surface area contributed by atoms with E-state index in [1.165, 1.54) is 6.07 Å². The average molecular weight is 396 g/mol. The predicted molar refractivity (Wildman–Crippen MR) is 102 cm³/mol. The summed E-state index contributed by atoms with van der Waals surface area (Å²) in [5.41, 5.74) is 2.17. The van der Waals surface area contributed by atoms with E-state index < -0.39 is 16.0 Å². The monoisotopic (exact) mass is 396 g/mol. The number of aliphatic imine (C=N–C) groups is 1. The number of ether oxygens (including phenoxy) is 1. The fraction of sp³-hybridized carbons (Fsp3) is 0.105. The Hall–Kier alpha value is -3.46. The van der Waals surface area contributed by atoms with Crippen LogP contribution in [-0.2, 0) is 26.2 Å². The molecule has 0 saturated carbocycles. The number of sulfonamides is 1. The number of esters is 1. The summed E-state index contributed by atoms with van der Waals surface area (Å²) in [4.78, 5) is 16.2. The van der Waals surface area contributed by atoms with Gasteiger partial charge in [0.15, 0.2) is 0 Å². The van der Waals surface area contributed by atoms with E-state index in [2.05, 4.69) is 14.8 Å². The zero-order valence-electron chi connectivity index (χ0n) is 14.6. The van der Waals surface area contributed by atoms with Crippen molar-refractivity contribution in [2.24, 2.45) is 4.99 Å². The number of nitrogens with zero attached hydrogens (tertiary/aromatic N) is 3. The molecule has 0 fully saturated rings. The lowest BCUT2D eigenvalue weighted by Crippen LogP contribution is -2.23. The summed E-state index contributed by atoms with van der Waals surface area (Å²) in [6.07, 6.45) is 3.53. The predicted octanol–water partition coefficient (Wildman–Crippen LogP) is 1.65. The van der Waals surface area contributed by atoms with Gasteiger partial charge in [-0.3, -0.25) is 14.5 Å². The molecule has 1 aliphatic heterocycles. The lowest BCUT2D eigenvalue weighted by Gasteiger charge is -2.06. The van der Waals surface area contributed by atoms with Gasteiger partial charge in [0.05, 0.1) is 10.6 Å². The van der Waals surface area contributed by atoms with Gasteiger partial charge in [-0.1, -0.05) is 24.3 Å². The van der Waals surface area contributed by atoms with E-state index in [9.17, 15) is 13.2 Å². The van der Waals surface area contributed by atoms with Crippen molar-refractivity contribution >= 4 is 21.8 Å². The number of carbonyl (C=O) groups excluding carboxylic acids is 1. The molecule has 3 aromatic rings. The second-order valence-electron chi connectivity index (χ2n) is 6.04. The van der Waals surface area contributed by atoms with Crippen LogP contribution in [0, 0.1) is 0 Å². The number of fused-ring (bicyclic) bond motifs is 1. The Morgan fingerprint density at radius 1 is 1.11 bits per heavy atom. The molecule has 142 valence electrons. The molecule has 0 amide bonds. The SMILES string of the molecule is O=C(CN=C1NS(=O)(=O)c2ccccc21)OCc1ccc(-n2cccn2)cc1. The van der Waals surface area contributed by atoms with Crippen molar-refractivity contribution in [3.05, 3.63) is 78.1 Å². The van der Waals surface area contributed by atoms with Crippen molar-refractivity contribution in [1.82, 2.24) is 14.5 Å². The maximum Gasteiger partial charge on any atom is 0.328 e. The molecule has 9 heteroatoms. The number of aromatic nitrogens is 2. The van der Waals surface area contributed by atoms with Crippen molar-refractivity contribution in [3.8, 4) is 5.69 Å². The first-order valence-electron chi connectivity index (χ1n) is 8.44. The van der Waals surface area contributed by atoms with Crippen LogP contribution in [0.5, 0.6) is 0 Å².